The minimum Gasteiger partial charge on any atom is -0.399 e. The molecule has 1 heterocycles. The van der Waals surface area contributed by atoms with Crippen molar-refractivity contribution in [3.05, 3.63) is 21.1 Å². The van der Waals surface area contributed by atoms with Gasteiger partial charge in [0.2, 0.25) is 10.0 Å². The summed E-state index contributed by atoms with van der Waals surface area (Å²) in [5.74, 6) is 0. The number of hydrogen-bond acceptors (Lipinski definition) is 3. The van der Waals surface area contributed by atoms with Crippen molar-refractivity contribution in [2.24, 2.45) is 0 Å². The van der Waals surface area contributed by atoms with Crippen molar-refractivity contribution in [2.45, 2.75) is 50.0 Å². The Labute approximate surface area is 143 Å². The van der Waals surface area contributed by atoms with Gasteiger partial charge in [-0.25, -0.2) is 8.42 Å². The Balaban J connectivity index is 2.45. The van der Waals surface area contributed by atoms with Gasteiger partial charge in [0.25, 0.3) is 0 Å². The second-order valence-electron chi connectivity index (χ2n) is 5.37. The van der Waals surface area contributed by atoms with Crippen LogP contribution in [0.2, 0.25) is 0 Å². The fourth-order valence-electron chi connectivity index (χ4n) is 2.86. The maximum Gasteiger partial charge on any atom is 0.245 e. The van der Waals surface area contributed by atoms with Crippen molar-refractivity contribution in [2.75, 3.05) is 12.3 Å². The van der Waals surface area contributed by atoms with Crippen LogP contribution in [0.4, 0.5) is 5.69 Å². The molecule has 1 aliphatic rings. The molecular weight excluding hydrogens is 420 g/mol. The summed E-state index contributed by atoms with van der Waals surface area (Å²) in [6, 6.07) is 3.37. The van der Waals surface area contributed by atoms with E-state index in [1.54, 1.807) is 16.4 Å². The number of nitrogen functional groups attached to an aromatic ring is 1. The molecule has 118 valence electrons. The molecule has 2 rings (SSSR count). The van der Waals surface area contributed by atoms with Gasteiger partial charge in [0, 0.05) is 27.2 Å². The van der Waals surface area contributed by atoms with E-state index in [1.165, 1.54) is 0 Å². The van der Waals surface area contributed by atoms with E-state index in [9.17, 15) is 8.42 Å². The van der Waals surface area contributed by atoms with Gasteiger partial charge in [0.1, 0.15) is 4.90 Å². The highest BCUT2D eigenvalue weighted by Gasteiger charge is 2.35. The Morgan fingerprint density at radius 1 is 1.29 bits per heavy atom. The third kappa shape index (κ3) is 3.63. The van der Waals surface area contributed by atoms with Crippen molar-refractivity contribution < 1.29 is 8.42 Å². The molecule has 0 aromatic heterocycles. The standard InChI is InChI=1S/C14H20Br2N2O2S/c1-2-5-11-6-3-4-7-18(11)21(19,20)14-12(15)8-10(17)9-13(14)16/h8-9,11H,2-7,17H2,1H3. The van der Waals surface area contributed by atoms with Crippen LogP contribution in [0, 0.1) is 0 Å². The van der Waals surface area contributed by atoms with E-state index in [1.807, 2.05) is 0 Å². The zero-order chi connectivity index (χ0) is 15.6. The summed E-state index contributed by atoms with van der Waals surface area (Å²) in [5.41, 5.74) is 6.28. The van der Waals surface area contributed by atoms with Crippen LogP contribution >= 0.6 is 31.9 Å². The summed E-state index contributed by atoms with van der Waals surface area (Å²) in [6.45, 7) is 2.69. The van der Waals surface area contributed by atoms with Gasteiger partial charge < -0.3 is 5.73 Å². The first-order valence-electron chi connectivity index (χ1n) is 7.14. The van der Waals surface area contributed by atoms with Gasteiger partial charge >= 0.3 is 0 Å². The van der Waals surface area contributed by atoms with Crippen LogP contribution in [-0.4, -0.2) is 25.3 Å². The van der Waals surface area contributed by atoms with E-state index in [0.717, 1.165) is 32.1 Å². The van der Waals surface area contributed by atoms with Crippen molar-refractivity contribution in [1.82, 2.24) is 4.31 Å². The normalized spacial score (nSPS) is 20.6. The van der Waals surface area contributed by atoms with E-state index in [0.29, 0.717) is 21.2 Å². The molecule has 0 aliphatic carbocycles. The van der Waals surface area contributed by atoms with Gasteiger partial charge in [0.15, 0.2) is 0 Å². The number of piperidine rings is 1. The lowest BCUT2D eigenvalue weighted by Gasteiger charge is -2.35. The second kappa shape index (κ2) is 6.98. The van der Waals surface area contributed by atoms with Crippen LogP contribution < -0.4 is 5.73 Å². The molecule has 2 N–H and O–H groups in total. The molecule has 1 unspecified atom stereocenters. The largest absolute Gasteiger partial charge is 0.399 e. The summed E-state index contributed by atoms with van der Waals surface area (Å²) in [7, 11) is -3.53. The quantitative estimate of drug-likeness (QED) is 0.717. The first-order chi connectivity index (χ1) is 9.87. The fourth-order valence-corrected chi connectivity index (χ4v) is 7.12. The highest BCUT2D eigenvalue weighted by atomic mass is 79.9. The van der Waals surface area contributed by atoms with Gasteiger partial charge in [-0.3, -0.25) is 0 Å². The summed E-state index contributed by atoms with van der Waals surface area (Å²) in [6.07, 6.45) is 4.85. The number of anilines is 1. The van der Waals surface area contributed by atoms with Crippen LogP contribution in [-0.2, 0) is 10.0 Å². The van der Waals surface area contributed by atoms with Crippen molar-refractivity contribution >= 4 is 47.6 Å². The number of sulfonamides is 1. The predicted octanol–water partition coefficient (Wildman–Crippen LogP) is 4.14. The Morgan fingerprint density at radius 3 is 2.48 bits per heavy atom. The average molecular weight is 440 g/mol. The smallest absolute Gasteiger partial charge is 0.245 e. The van der Waals surface area contributed by atoms with Gasteiger partial charge in [-0.15, -0.1) is 0 Å². The Kier molecular flexibility index (Phi) is 5.73. The van der Waals surface area contributed by atoms with Crippen LogP contribution in [0.5, 0.6) is 0 Å². The van der Waals surface area contributed by atoms with Crippen LogP contribution in [0.15, 0.2) is 26.0 Å². The Bertz CT molecular complexity index is 594. The van der Waals surface area contributed by atoms with E-state index < -0.39 is 10.0 Å². The van der Waals surface area contributed by atoms with Gasteiger partial charge in [-0.2, -0.15) is 4.31 Å². The van der Waals surface area contributed by atoms with E-state index in [-0.39, 0.29) is 10.9 Å². The zero-order valence-electron chi connectivity index (χ0n) is 12.0. The third-order valence-corrected chi connectivity index (χ3v) is 7.61. The highest BCUT2D eigenvalue weighted by Crippen LogP contribution is 2.37. The minimum absolute atomic E-state index is 0.102. The summed E-state index contributed by atoms with van der Waals surface area (Å²) in [5, 5.41) is 0. The number of nitrogens with two attached hydrogens (primary N) is 1. The molecule has 1 saturated heterocycles. The lowest BCUT2D eigenvalue weighted by Crippen LogP contribution is -2.43. The van der Waals surface area contributed by atoms with Crippen molar-refractivity contribution in [3.8, 4) is 0 Å². The Hall–Kier alpha value is -0.110. The Morgan fingerprint density at radius 2 is 1.90 bits per heavy atom. The summed E-state index contributed by atoms with van der Waals surface area (Å²) in [4.78, 5) is 0.278. The van der Waals surface area contributed by atoms with Gasteiger partial charge in [-0.1, -0.05) is 19.8 Å². The molecule has 1 atom stereocenters. The molecule has 0 spiro atoms. The van der Waals surface area contributed by atoms with E-state index in [2.05, 4.69) is 38.8 Å². The average Bonchev–Trinajstić information content (AvgIpc) is 2.37. The molecule has 0 bridgehead atoms. The van der Waals surface area contributed by atoms with E-state index >= 15 is 0 Å². The molecule has 1 fully saturated rings. The number of rotatable bonds is 4. The molecule has 7 heteroatoms. The lowest BCUT2D eigenvalue weighted by molar-refractivity contribution is 0.239. The molecule has 0 radical (unpaired) electrons. The van der Waals surface area contributed by atoms with E-state index in [4.69, 9.17) is 5.73 Å². The molecule has 0 saturated carbocycles. The minimum atomic E-state index is -3.53. The third-order valence-electron chi connectivity index (χ3n) is 3.78. The van der Waals surface area contributed by atoms with Crippen LogP contribution in [0.1, 0.15) is 39.0 Å². The molecule has 1 aliphatic heterocycles. The van der Waals surface area contributed by atoms with Crippen molar-refractivity contribution in [1.29, 1.82) is 0 Å². The molecular formula is C14H20Br2N2O2S. The van der Waals surface area contributed by atoms with Crippen LogP contribution in [0.3, 0.4) is 0 Å². The predicted molar refractivity (Wildman–Crippen MR) is 92.7 cm³/mol. The molecule has 4 nitrogen and oxygen atoms in total. The first kappa shape index (κ1) is 17.2. The number of halogens is 2. The van der Waals surface area contributed by atoms with Crippen LogP contribution in [0.25, 0.3) is 0 Å². The maximum absolute atomic E-state index is 13.1. The summed E-state index contributed by atoms with van der Waals surface area (Å²) >= 11 is 6.69. The molecule has 1 aromatic rings. The van der Waals surface area contributed by atoms with Gasteiger partial charge in [-0.05, 0) is 63.3 Å². The fraction of sp³-hybridized carbons (Fsp3) is 0.571. The number of nitrogens with zero attached hydrogens (tertiary/aromatic N) is 1. The maximum atomic E-state index is 13.1. The topological polar surface area (TPSA) is 63.4 Å². The molecule has 21 heavy (non-hydrogen) atoms. The molecule has 0 amide bonds. The molecule has 1 aromatic carbocycles. The zero-order valence-corrected chi connectivity index (χ0v) is 16.0. The second-order valence-corrected chi connectivity index (χ2v) is 8.90. The number of hydrogen-bond donors (Lipinski definition) is 1. The monoisotopic (exact) mass is 438 g/mol. The summed E-state index contributed by atoms with van der Waals surface area (Å²) < 4.78 is 28.8. The first-order valence-corrected chi connectivity index (χ1v) is 10.2. The number of benzene rings is 1. The SMILES string of the molecule is CCCC1CCCCN1S(=O)(=O)c1c(Br)cc(N)cc1Br. The highest BCUT2D eigenvalue weighted by molar-refractivity contribution is 9.11. The van der Waals surface area contributed by atoms with Crippen molar-refractivity contribution in [3.63, 3.8) is 0 Å². The van der Waals surface area contributed by atoms with Gasteiger partial charge in [0.05, 0.1) is 0 Å². The lowest BCUT2D eigenvalue weighted by atomic mass is 10.0.